The highest BCUT2D eigenvalue weighted by Crippen LogP contribution is 2.22. The van der Waals surface area contributed by atoms with E-state index in [1.165, 1.54) is 17.0 Å². The van der Waals surface area contributed by atoms with E-state index in [0.717, 1.165) is 10.4 Å². The number of rotatable bonds is 2. The molecular weight excluding hydrogens is 286 g/mol. The zero-order valence-corrected chi connectivity index (χ0v) is 11.4. The lowest BCUT2D eigenvalue weighted by Crippen LogP contribution is -2.52. The van der Waals surface area contributed by atoms with E-state index in [-0.39, 0.29) is 49.1 Å². The van der Waals surface area contributed by atoms with Gasteiger partial charge in [0.25, 0.3) is 16.1 Å². The molecule has 0 saturated carbocycles. The molecule has 20 heavy (non-hydrogen) atoms. The Bertz CT molecular complexity index is 603. The Balaban J connectivity index is 2.09. The van der Waals surface area contributed by atoms with Crippen molar-refractivity contribution >= 4 is 16.1 Å². The third-order valence-electron chi connectivity index (χ3n) is 3.04. The molecule has 9 heteroatoms. The highest BCUT2D eigenvalue weighted by atomic mass is 32.2. The van der Waals surface area contributed by atoms with Crippen molar-refractivity contribution in [2.24, 2.45) is 5.14 Å². The van der Waals surface area contributed by atoms with E-state index >= 15 is 0 Å². The smallest absolute Gasteiger partial charge is 0.277 e. The number of aromatic hydroxyl groups is 2. The molecule has 1 heterocycles. The molecule has 8 nitrogen and oxygen atoms in total. The topological polar surface area (TPSA) is 124 Å². The number of hydrogen-bond acceptors (Lipinski definition) is 5. The van der Waals surface area contributed by atoms with Crippen LogP contribution in [0.5, 0.6) is 11.5 Å². The second-order valence-corrected chi connectivity index (χ2v) is 6.02. The molecule has 1 saturated heterocycles. The number of amides is 1. The fraction of sp³-hybridized carbons (Fsp3) is 0.364. The van der Waals surface area contributed by atoms with Crippen LogP contribution < -0.4 is 5.14 Å². The van der Waals surface area contributed by atoms with E-state index in [0.29, 0.717) is 0 Å². The molecule has 0 atom stereocenters. The zero-order chi connectivity index (χ0) is 14.9. The Morgan fingerprint density at radius 3 is 2.00 bits per heavy atom. The number of hydrogen-bond donors (Lipinski definition) is 3. The minimum Gasteiger partial charge on any atom is -0.508 e. The van der Waals surface area contributed by atoms with Crippen molar-refractivity contribution in [2.45, 2.75) is 0 Å². The molecule has 0 aliphatic carbocycles. The molecule has 1 fully saturated rings. The van der Waals surface area contributed by atoms with E-state index in [1.807, 2.05) is 0 Å². The SMILES string of the molecule is NS(=O)(=O)N1CCN(C(=O)c2cc(O)cc(O)c2)CC1. The molecule has 1 aromatic carbocycles. The second-order valence-electron chi connectivity index (χ2n) is 4.47. The molecule has 2 rings (SSSR count). The van der Waals surface area contributed by atoms with Gasteiger partial charge in [-0.25, -0.2) is 5.14 Å². The maximum absolute atomic E-state index is 12.2. The molecule has 0 spiro atoms. The summed E-state index contributed by atoms with van der Waals surface area (Å²) >= 11 is 0. The summed E-state index contributed by atoms with van der Waals surface area (Å²) in [4.78, 5) is 13.6. The van der Waals surface area contributed by atoms with E-state index < -0.39 is 10.2 Å². The lowest BCUT2D eigenvalue weighted by molar-refractivity contribution is 0.0697. The van der Waals surface area contributed by atoms with Crippen molar-refractivity contribution in [2.75, 3.05) is 26.2 Å². The van der Waals surface area contributed by atoms with Gasteiger partial charge in [-0.3, -0.25) is 4.79 Å². The minimum absolute atomic E-state index is 0.120. The van der Waals surface area contributed by atoms with Gasteiger partial charge in [-0.05, 0) is 12.1 Å². The van der Waals surface area contributed by atoms with Gasteiger partial charge in [-0.15, -0.1) is 0 Å². The van der Waals surface area contributed by atoms with E-state index in [4.69, 9.17) is 5.14 Å². The van der Waals surface area contributed by atoms with Gasteiger partial charge in [-0.2, -0.15) is 12.7 Å². The fourth-order valence-corrected chi connectivity index (χ4v) is 2.72. The number of nitrogens with zero attached hydrogens (tertiary/aromatic N) is 2. The average Bonchev–Trinajstić information content (AvgIpc) is 2.36. The number of carbonyl (C=O) groups is 1. The average molecular weight is 301 g/mol. The molecule has 0 aromatic heterocycles. The summed E-state index contributed by atoms with van der Waals surface area (Å²) in [5.41, 5.74) is 0.145. The first-order chi connectivity index (χ1) is 9.27. The first-order valence-corrected chi connectivity index (χ1v) is 7.38. The highest BCUT2D eigenvalue weighted by molar-refractivity contribution is 7.86. The first-order valence-electron chi connectivity index (χ1n) is 5.87. The van der Waals surface area contributed by atoms with Crippen LogP contribution >= 0.6 is 0 Å². The van der Waals surface area contributed by atoms with Crippen LogP contribution in [0.4, 0.5) is 0 Å². The van der Waals surface area contributed by atoms with E-state index in [1.54, 1.807) is 0 Å². The molecule has 0 radical (unpaired) electrons. The number of carbonyl (C=O) groups excluding carboxylic acids is 1. The maximum Gasteiger partial charge on any atom is 0.277 e. The van der Waals surface area contributed by atoms with Crippen molar-refractivity contribution in [1.82, 2.24) is 9.21 Å². The van der Waals surface area contributed by atoms with Crippen molar-refractivity contribution in [3.63, 3.8) is 0 Å². The molecule has 1 aliphatic heterocycles. The van der Waals surface area contributed by atoms with Crippen LogP contribution in [0.1, 0.15) is 10.4 Å². The van der Waals surface area contributed by atoms with Crippen molar-refractivity contribution in [3.8, 4) is 11.5 Å². The van der Waals surface area contributed by atoms with Crippen molar-refractivity contribution < 1.29 is 23.4 Å². The summed E-state index contributed by atoms with van der Waals surface area (Å²) < 4.78 is 23.4. The first kappa shape index (κ1) is 14.6. The van der Waals surface area contributed by atoms with Gasteiger partial charge in [0.05, 0.1) is 0 Å². The van der Waals surface area contributed by atoms with Crippen LogP contribution in [0, 0.1) is 0 Å². The number of benzene rings is 1. The minimum atomic E-state index is -3.74. The van der Waals surface area contributed by atoms with Gasteiger partial charge >= 0.3 is 0 Å². The largest absolute Gasteiger partial charge is 0.508 e. The van der Waals surface area contributed by atoms with Crippen LogP contribution in [0.15, 0.2) is 18.2 Å². The Morgan fingerprint density at radius 2 is 1.55 bits per heavy atom. The monoisotopic (exact) mass is 301 g/mol. The van der Waals surface area contributed by atoms with Gasteiger partial charge < -0.3 is 15.1 Å². The number of piperazine rings is 1. The van der Waals surface area contributed by atoms with Gasteiger partial charge in [-0.1, -0.05) is 0 Å². The summed E-state index contributed by atoms with van der Waals surface area (Å²) in [6.45, 7) is 0.641. The van der Waals surface area contributed by atoms with Crippen LogP contribution in [0.25, 0.3) is 0 Å². The van der Waals surface area contributed by atoms with Crippen LogP contribution in [0.3, 0.4) is 0 Å². The van der Waals surface area contributed by atoms with E-state index in [2.05, 4.69) is 0 Å². The predicted molar refractivity (Wildman–Crippen MR) is 70.4 cm³/mol. The summed E-state index contributed by atoms with van der Waals surface area (Å²) in [7, 11) is -3.74. The standard InChI is InChI=1S/C11H15N3O5S/c12-20(18,19)14-3-1-13(2-4-14)11(17)8-5-9(15)7-10(16)6-8/h5-7,15-16H,1-4H2,(H2,12,18,19). The van der Waals surface area contributed by atoms with Crippen LogP contribution in [-0.4, -0.2) is 59.9 Å². The third kappa shape index (κ3) is 3.18. The Kier molecular flexibility index (Phi) is 3.84. The predicted octanol–water partition coefficient (Wildman–Crippen LogP) is -0.941. The molecule has 1 aliphatic rings. The molecule has 1 amide bonds. The summed E-state index contributed by atoms with van der Waals surface area (Å²) in [6.07, 6.45) is 0. The molecule has 110 valence electrons. The molecule has 0 unspecified atom stereocenters. The van der Waals surface area contributed by atoms with Gasteiger partial charge in [0.1, 0.15) is 11.5 Å². The Morgan fingerprint density at radius 1 is 1.05 bits per heavy atom. The van der Waals surface area contributed by atoms with Crippen LogP contribution in [0.2, 0.25) is 0 Å². The molecule has 4 N–H and O–H groups in total. The number of phenolic OH excluding ortho intramolecular Hbond substituents is 2. The fourth-order valence-electron chi connectivity index (χ4n) is 2.05. The molecular formula is C11H15N3O5S. The quantitative estimate of drug-likeness (QED) is 0.650. The zero-order valence-electron chi connectivity index (χ0n) is 10.6. The van der Waals surface area contributed by atoms with Gasteiger partial charge in [0, 0.05) is 37.8 Å². The normalized spacial score (nSPS) is 17.1. The maximum atomic E-state index is 12.2. The number of nitrogens with two attached hydrogens (primary N) is 1. The molecule has 1 aromatic rings. The second kappa shape index (κ2) is 5.27. The van der Waals surface area contributed by atoms with Crippen molar-refractivity contribution in [1.29, 1.82) is 0 Å². The Hall–Kier alpha value is -1.84. The van der Waals surface area contributed by atoms with Gasteiger partial charge in [0.2, 0.25) is 0 Å². The lowest BCUT2D eigenvalue weighted by atomic mass is 10.1. The van der Waals surface area contributed by atoms with E-state index in [9.17, 15) is 23.4 Å². The highest BCUT2D eigenvalue weighted by Gasteiger charge is 2.27. The van der Waals surface area contributed by atoms with Gasteiger partial charge in [0.15, 0.2) is 0 Å². The summed E-state index contributed by atoms with van der Waals surface area (Å²) in [5, 5.41) is 23.7. The summed E-state index contributed by atoms with van der Waals surface area (Å²) in [6, 6.07) is 3.61. The van der Waals surface area contributed by atoms with Crippen molar-refractivity contribution in [3.05, 3.63) is 23.8 Å². The Labute approximate surface area is 116 Å². The third-order valence-corrected chi connectivity index (χ3v) is 4.12. The summed E-state index contributed by atoms with van der Waals surface area (Å²) in [5.74, 6) is -0.807. The molecule has 0 bridgehead atoms. The lowest BCUT2D eigenvalue weighted by Gasteiger charge is -2.33. The number of phenols is 2. The van der Waals surface area contributed by atoms with Crippen LogP contribution in [-0.2, 0) is 10.2 Å².